The minimum Gasteiger partial charge on any atom is -0.324 e. The number of anilines is 1. The molecule has 0 unspecified atom stereocenters. The number of carbonyl (C=O) groups is 1. The van der Waals surface area contributed by atoms with E-state index in [1.54, 1.807) is 12.1 Å². The number of aryl methyl sites for hydroxylation is 2. The Hall–Kier alpha value is -1.89. The Bertz CT molecular complexity index is 942. The molecule has 3 rings (SSSR count). The molecule has 1 atom stereocenters. The van der Waals surface area contributed by atoms with Gasteiger partial charge in [-0.3, -0.25) is 4.79 Å². The summed E-state index contributed by atoms with van der Waals surface area (Å²) in [5.41, 5.74) is 2.77. The van der Waals surface area contributed by atoms with Crippen molar-refractivity contribution in [1.29, 1.82) is 0 Å². The third-order valence-corrected chi connectivity index (χ3v) is 6.99. The first-order valence-electron chi connectivity index (χ1n) is 8.94. The van der Waals surface area contributed by atoms with Gasteiger partial charge in [0.25, 0.3) is 0 Å². The Labute approximate surface area is 165 Å². The van der Waals surface area contributed by atoms with Crippen LogP contribution in [0.4, 0.5) is 5.69 Å². The lowest BCUT2D eigenvalue weighted by molar-refractivity contribution is -0.120. The summed E-state index contributed by atoms with van der Waals surface area (Å²) in [6.45, 7) is 4.24. The van der Waals surface area contributed by atoms with E-state index in [0.29, 0.717) is 23.7 Å². The van der Waals surface area contributed by atoms with Crippen LogP contribution in [0, 0.1) is 13.8 Å². The van der Waals surface area contributed by atoms with Crippen LogP contribution in [0.1, 0.15) is 30.4 Å². The standard InChI is InChI=1S/C20H23ClN2O3S/c1-14-6-11-18(15(2)13-14)22-20(24)19-5-3-4-12-23(19)27(25,26)17-9-7-16(21)8-10-17/h6-11,13,19H,3-5,12H2,1-2H3,(H,22,24)/t19-/m1/s1. The summed E-state index contributed by atoms with van der Waals surface area (Å²) in [7, 11) is -3.77. The number of piperidine rings is 1. The third kappa shape index (κ3) is 4.34. The molecule has 0 aliphatic carbocycles. The van der Waals surface area contributed by atoms with Crippen molar-refractivity contribution in [1.82, 2.24) is 4.31 Å². The fraction of sp³-hybridized carbons (Fsp3) is 0.350. The lowest BCUT2D eigenvalue weighted by Gasteiger charge is -2.33. The van der Waals surface area contributed by atoms with Crippen LogP contribution in [0.2, 0.25) is 5.02 Å². The van der Waals surface area contributed by atoms with E-state index in [-0.39, 0.29) is 10.8 Å². The molecule has 0 spiro atoms. The van der Waals surface area contributed by atoms with E-state index in [1.165, 1.54) is 16.4 Å². The average molecular weight is 407 g/mol. The third-order valence-electron chi connectivity index (χ3n) is 4.82. The Morgan fingerprint density at radius 1 is 1.11 bits per heavy atom. The zero-order chi connectivity index (χ0) is 19.6. The Morgan fingerprint density at radius 2 is 1.81 bits per heavy atom. The van der Waals surface area contributed by atoms with Crippen LogP contribution in [0.15, 0.2) is 47.4 Å². The molecule has 0 radical (unpaired) electrons. The number of sulfonamides is 1. The number of carbonyl (C=O) groups excluding carboxylic acids is 1. The minimum atomic E-state index is -3.77. The van der Waals surface area contributed by atoms with Gasteiger partial charge in [0, 0.05) is 17.3 Å². The van der Waals surface area contributed by atoms with E-state index in [2.05, 4.69) is 5.32 Å². The summed E-state index contributed by atoms with van der Waals surface area (Å²) >= 11 is 5.87. The molecule has 27 heavy (non-hydrogen) atoms. The Balaban J connectivity index is 1.86. The van der Waals surface area contributed by atoms with E-state index in [9.17, 15) is 13.2 Å². The van der Waals surface area contributed by atoms with Crippen LogP contribution in [0.25, 0.3) is 0 Å². The van der Waals surface area contributed by atoms with Crippen molar-refractivity contribution >= 4 is 33.2 Å². The normalized spacial score (nSPS) is 18.3. The summed E-state index contributed by atoms with van der Waals surface area (Å²) in [4.78, 5) is 13.1. The molecule has 7 heteroatoms. The number of nitrogens with zero attached hydrogens (tertiary/aromatic N) is 1. The van der Waals surface area contributed by atoms with Crippen molar-refractivity contribution in [3.05, 3.63) is 58.6 Å². The van der Waals surface area contributed by atoms with Crippen molar-refractivity contribution in [3.8, 4) is 0 Å². The molecular weight excluding hydrogens is 384 g/mol. The van der Waals surface area contributed by atoms with Crippen LogP contribution in [0.5, 0.6) is 0 Å². The molecule has 1 aliphatic rings. The summed E-state index contributed by atoms with van der Waals surface area (Å²) in [6, 6.07) is 11.1. The predicted molar refractivity (Wildman–Crippen MR) is 108 cm³/mol. The van der Waals surface area contributed by atoms with Gasteiger partial charge in [0.05, 0.1) is 4.90 Å². The first-order valence-corrected chi connectivity index (χ1v) is 10.8. The molecule has 0 aromatic heterocycles. The topological polar surface area (TPSA) is 66.5 Å². The van der Waals surface area contributed by atoms with Gasteiger partial charge < -0.3 is 5.32 Å². The van der Waals surface area contributed by atoms with Crippen LogP contribution in [0.3, 0.4) is 0 Å². The molecular formula is C20H23ClN2O3S. The van der Waals surface area contributed by atoms with Gasteiger partial charge in [0.2, 0.25) is 15.9 Å². The van der Waals surface area contributed by atoms with E-state index in [4.69, 9.17) is 11.6 Å². The molecule has 2 aromatic rings. The second kappa shape index (κ2) is 8.00. The minimum absolute atomic E-state index is 0.151. The summed E-state index contributed by atoms with van der Waals surface area (Å²) in [6.07, 6.45) is 2.06. The molecule has 1 aliphatic heterocycles. The molecule has 1 fully saturated rings. The van der Waals surface area contributed by atoms with Gasteiger partial charge in [-0.15, -0.1) is 0 Å². The SMILES string of the molecule is Cc1ccc(NC(=O)[C@H]2CCCCN2S(=O)(=O)c2ccc(Cl)cc2)c(C)c1. The van der Waals surface area contributed by atoms with Crippen molar-refractivity contribution in [2.45, 2.75) is 44.0 Å². The van der Waals surface area contributed by atoms with Gasteiger partial charge in [0.15, 0.2) is 0 Å². The smallest absolute Gasteiger partial charge is 0.243 e. The molecule has 2 aromatic carbocycles. The highest BCUT2D eigenvalue weighted by Gasteiger charge is 2.37. The second-order valence-corrected chi connectivity index (χ2v) is 9.22. The van der Waals surface area contributed by atoms with Crippen LogP contribution in [-0.2, 0) is 14.8 Å². The number of halogens is 1. The summed E-state index contributed by atoms with van der Waals surface area (Å²) in [5.74, 6) is -0.292. The predicted octanol–water partition coefficient (Wildman–Crippen LogP) is 4.14. The van der Waals surface area contributed by atoms with Crippen molar-refractivity contribution in [3.63, 3.8) is 0 Å². The van der Waals surface area contributed by atoms with E-state index >= 15 is 0 Å². The number of hydrogen-bond donors (Lipinski definition) is 1. The lowest BCUT2D eigenvalue weighted by atomic mass is 10.0. The van der Waals surface area contributed by atoms with Crippen LogP contribution in [-0.4, -0.2) is 31.2 Å². The Morgan fingerprint density at radius 3 is 2.48 bits per heavy atom. The molecule has 144 valence electrons. The molecule has 1 heterocycles. The van der Waals surface area contributed by atoms with Gasteiger partial charge in [-0.25, -0.2) is 8.42 Å². The number of rotatable bonds is 4. The number of nitrogens with one attached hydrogen (secondary N) is 1. The first-order chi connectivity index (χ1) is 12.8. The highest BCUT2D eigenvalue weighted by Crippen LogP contribution is 2.27. The fourth-order valence-electron chi connectivity index (χ4n) is 3.37. The van der Waals surface area contributed by atoms with Gasteiger partial charge in [-0.1, -0.05) is 35.7 Å². The second-order valence-electron chi connectivity index (χ2n) is 6.89. The number of benzene rings is 2. The maximum Gasteiger partial charge on any atom is 0.243 e. The molecule has 0 saturated carbocycles. The van der Waals surface area contributed by atoms with Crippen molar-refractivity contribution in [2.24, 2.45) is 0 Å². The van der Waals surface area contributed by atoms with Gasteiger partial charge in [-0.2, -0.15) is 4.31 Å². The number of hydrogen-bond acceptors (Lipinski definition) is 3. The zero-order valence-electron chi connectivity index (χ0n) is 15.4. The quantitative estimate of drug-likeness (QED) is 0.829. The zero-order valence-corrected chi connectivity index (χ0v) is 17.0. The van der Waals surface area contributed by atoms with Crippen LogP contribution < -0.4 is 5.32 Å². The fourth-order valence-corrected chi connectivity index (χ4v) is 5.15. The summed E-state index contributed by atoms with van der Waals surface area (Å²) in [5, 5.41) is 3.37. The highest BCUT2D eigenvalue weighted by atomic mass is 35.5. The van der Waals surface area contributed by atoms with E-state index < -0.39 is 16.1 Å². The highest BCUT2D eigenvalue weighted by molar-refractivity contribution is 7.89. The monoisotopic (exact) mass is 406 g/mol. The molecule has 1 N–H and O–H groups in total. The Kier molecular flexibility index (Phi) is 5.89. The maximum atomic E-state index is 13.1. The van der Waals surface area contributed by atoms with Crippen molar-refractivity contribution < 1.29 is 13.2 Å². The van der Waals surface area contributed by atoms with Crippen molar-refractivity contribution in [2.75, 3.05) is 11.9 Å². The van der Waals surface area contributed by atoms with E-state index in [1.807, 2.05) is 32.0 Å². The molecule has 0 bridgehead atoms. The average Bonchev–Trinajstić information content (AvgIpc) is 2.64. The van der Waals surface area contributed by atoms with Gasteiger partial charge in [0.1, 0.15) is 6.04 Å². The van der Waals surface area contributed by atoms with Crippen LogP contribution >= 0.6 is 11.6 Å². The maximum absolute atomic E-state index is 13.1. The molecule has 1 saturated heterocycles. The van der Waals surface area contributed by atoms with Gasteiger partial charge >= 0.3 is 0 Å². The summed E-state index contributed by atoms with van der Waals surface area (Å²) < 4.78 is 27.5. The lowest BCUT2D eigenvalue weighted by Crippen LogP contribution is -2.49. The first kappa shape index (κ1) is 19.9. The largest absolute Gasteiger partial charge is 0.324 e. The number of amides is 1. The molecule has 5 nitrogen and oxygen atoms in total. The molecule has 1 amide bonds. The van der Waals surface area contributed by atoms with E-state index in [0.717, 1.165) is 24.0 Å². The van der Waals surface area contributed by atoms with Gasteiger partial charge in [-0.05, 0) is 62.6 Å².